The molecule has 3 fully saturated rings. The highest BCUT2D eigenvalue weighted by Crippen LogP contribution is 2.28. The summed E-state index contributed by atoms with van der Waals surface area (Å²) in [5.74, 6) is 1.07. The van der Waals surface area contributed by atoms with Crippen LogP contribution in [-0.2, 0) is 19.4 Å². The van der Waals surface area contributed by atoms with E-state index >= 15 is 0 Å². The van der Waals surface area contributed by atoms with E-state index in [4.69, 9.17) is 9.97 Å². The molecule has 1 N–H and O–H groups in total. The second-order valence-corrected chi connectivity index (χ2v) is 6.48. The Kier molecular flexibility index (Phi) is 3.65. The minimum atomic E-state index is 0.412. The normalized spacial score (nSPS) is 31.2. The summed E-state index contributed by atoms with van der Waals surface area (Å²) in [4.78, 5) is 15.1. The Morgan fingerprint density at radius 2 is 2.05 bits per heavy atom. The molecule has 0 saturated carbocycles. The van der Waals surface area contributed by atoms with Gasteiger partial charge in [0.15, 0.2) is 0 Å². The van der Waals surface area contributed by atoms with Gasteiger partial charge in [0.05, 0.1) is 11.7 Å². The topological polar surface area (TPSA) is 44.3 Å². The van der Waals surface area contributed by atoms with Crippen molar-refractivity contribution in [3.63, 3.8) is 0 Å². The Bertz CT molecular complexity index is 522. The lowest BCUT2D eigenvalue weighted by Gasteiger charge is -2.46. The first kappa shape index (κ1) is 13.6. The fraction of sp³-hybridized carbons (Fsp3) is 0.750. The molecule has 0 aliphatic carbocycles. The molecule has 0 amide bonds. The molecular formula is C16H25N5. The van der Waals surface area contributed by atoms with E-state index in [9.17, 15) is 0 Å². The Balaban J connectivity index is 1.70. The van der Waals surface area contributed by atoms with Gasteiger partial charge in [-0.3, -0.25) is 9.80 Å². The molecule has 1 aromatic heterocycles. The highest BCUT2D eigenvalue weighted by molar-refractivity contribution is 5.29. The van der Waals surface area contributed by atoms with Crippen molar-refractivity contribution in [2.24, 2.45) is 0 Å². The molecule has 1 atom stereocenters. The lowest BCUT2D eigenvalue weighted by Crippen LogP contribution is -2.57. The van der Waals surface area contributed by atoms with Crippen molar-refractivity contribution in [3.8, 4) is 0 Å². The lowest BCUT2D eigenvalue weighted by atomic mass is 10.00. The summed E-state index contributed by atoms with van der Waals surface area (Å²) in [6, 6.07) is 0.412. The summed E-state index contributed by atoms with van der Waals surface area (Å²) in [6.45, 7) is 10.1. The van der Waals surface area contributed by atoms with Crippen molar-refractivity contribution >= 4 is 0 Å². The molecule has 0 radical (unpaired) electrons. The average Bonchev–Trinajstić information content (AvgIpc) is 2.56. The van der Waals surface area contributed by atoms with Crippen LogP contribution in [0.15, 0.2) is 0 Å². The largest absolute Gasteiger partial charge is 0.311 e. The SMILES string of the molecule is CCCc1nc(C2CN3CCN2CC3)nc2c1CCNC2. The molecule has 5 nitrogen and oxygen atoms in total. The number of nitrogens with zero attached hydrogens (tertiary/aromatic N) is 4. The standard InChI is InChI=1S/C16H25N5/c1-2-3-13-12-4-5-17-10-14(12)19-16(18-13)15-11-20-6-8-21(15)9-7-20/h15,17H,2-11H2,1H3. The lowest BCUT2D eigenvalue weighted by molar-refractivity contribution is 0.00842. The number of rotatable bonds is 3. The van der Waals surface area contributed by atoms with Gasteiger partial charge in [-0.15, -0.1) is 0 Å². The Hall–Kier alpha value is -1.04. The smallest absolute Gasteiger partial charge is 0.147 e. The number of fused-ring (bicyclic) bond motifs is 4. The van der Waals surface area contributed by atoms with Gasteiger partial charge in [0.1, 0.15) is 5.82 Å². The van der Waals surface area contributed by atoms with Crippen LogP contribution in [0.1, 0.15) is 42.2 Å². The van der Waals surface area contributed by atoms with Crippen LogP contribution in [-0.4, -0.2) is 59.0 Å². The maximum Gasteiger partial charge on any atom is 0.147 e. The minimum Gasteiger partial charge on any atom is -0.311 e. The third kappa shape index (κ3) is 2.47. The van der Waals surface area contributed by atoms with E-state index in [1.54, 1.807) is 0 Å². The van der Waals surface area contributed by atoms with Gasteiger partial charge in [-0.2, -0.15) is 0 Å². The molecule has 4 aliphatic rings. The van der Waals surface area contributed by atoms with Crippen molar-refractivity contribution in [1.82, 2.24) is 25.1 Å². The molecule has 21 heavy (non-hydrogen) atoms. The van der Waals surface area contributed by atoms with Crippen LogP contribution in [0.3, 0.4) is 0 Å². The fourth-order valence-electron chi connectivity index (χ4n) is 3.91. The van der Waals surface area contributed by atoms with E-state index in [0.717, 1.165) is 44.7 Å². The van der Waals surface area contributed by atoms with Crippen molar-refractivity contribution in [3.05, 3.63) is 22.8 Å². The van der Waals surface area contributed by atoms with E-state index in [1.165, 1.54) is 43.1 Å². The molecule has 0 spiro atoms. The van der Waals surface area contributed by atoms with Crippen molar-refractivity contribution in [2.75, 3.05) is 39.3 Å². The van der Waals surface area contributed by atoms with Gasteiger partial charge in [0, 0.05) is 45.0 Å². The van der Waals surface area contributed by atoms with Gasteiger partial charge in [0.2, 0.25) is 0 Å². The third-order valence-electron chi connectivity index (χ3n) is 5.10. The van der Waals surface area contributed by atoms with Gasteiger partial charge in [-0.05, 0) is 24.9 Å². The van der Waals surface area contributed by atoms with Crippen LogP contribution in [0.2, 0.25) is 0 Å². The van der Waals surface area contributed by atoms with Crippen LogP contribution < -0.4 is 5.32 Å². The van der Waals surface area contributed by atoms with E-state index < -0.39 is 0 Å². The highest BCUT2D eigenvalue weighted by atomic mass is 15.4. The maximum atomic E-state index is 5.01. The van der Waals surface area contributed by atoms with Gasteiger partial charge < -0.3 is 5.32 Å². The summed E-state index contributed by atoms with van der Waals surface area (Å²) in [6.07, 6.45) is 3.34. The first-order chi connectivity index (χ1) is 10.3. The maximum absolute atomic E-state index is 5.01. The zero-order valence-electron chi connectivity index (χ0n) is 12.9. The van der Waals surface area contributed by atoms with Crippen LogP contribution in [0.25, 0.3) is 0 Å². The van der Waals surface area contributed by atoms with Gasteiger partial charge >= 0.3 is 0 Å². The predicted octanol–water partition coefficient (Wildman–Crippen LogP) is 0.747. The van der Waals surface area contributed by atoms with Crippen molar-refractivity contribution in [1.29, 1.82) is 0 Å². The Morgan fingerprint density at radius 3 is 2.76 bits per heavy atom. The second-order valence-electron chi connectivity index (χ2n) is 6.48. The molecule has 5 rings (SSSR count). The zero-order chi connectivity index (χ0) is 14.2. The van der Waals surface area contributed by atoms with E-state index in [0.29, 0.717) is 6.04 Å². The van der Waals surface area contributed by atoms with Gasteiger partial charge in [-0.25, -0.2) is 9.97 Å². The third-order valence-corrected chi connectivity index (χ3v) is 5.10. The van der Waals surface area contributed by atoms with Crippen LogP contribution in [0.4, 0.5) is 0 Å². The zero-order valence-corrected chi connectivity index (χ0v) is 12.9. The number of hydrogen-bond donors (Lipinski definition) is 1. The van der Waals surface area contributed by atoms with E-state index in [-0.39, 0.29) is 0 Å². The van der Waals surface area contributed by atoms with Crippen molar-refractivity contribution in [2.45, 2.75) is 38.8 Å². The summed E-state index contributed by atoms with van der Waals surface area (Å²) in [5.41, 5.74) is 4.00. The summed E-state index contributed by atoms with van der Waals surface area (Å²) in [7, 11) is 0. The quantitative estimate of drug-likeness (QED) is 0.889. The molecule has 5 heterocycles. The second kappa shape index (κ2) is 5.63. The minimum absolute atomic E-state index is 0.412. The molecule has 0 aromatic carbocycles. The number of nitrogens with one attached hydrogen (secondary N) is 1. The molecule has 2 bridgehead atoms. The summed E-state index contributed by atoms with van der Waals surface area (Å²) < 4.78 is 0. The highest BCUT2D eigenvalue weighted by Gasteiger charge is 2.35. The molecule has 1 unspecified atom stereocenters. The predicted molar refractivity (Wildman–Crippen MR) is 82.2 cm³/mol. The number of piperazine rings is 3. The van der Waals surface area contributed by atoms with Gasteiger partial charge in [-0.1, -0.05) is 13.3 Å². The Labute approximate surface area is 126 Å². The average molecular weight is 287 g/mol. The fourth-order valence-corrected chi connectivity index (χ4v) is 3.91. The molecule has 5 heteroatoms. The molecule has 4 aliphatic heterocycles. The number of aryl methyl sites for hydroxylation is 1. The van der Waals surface area contributed by atoms with Crippen molar-refractivity contribution < 1.29 is 0 Å². The summed E-state index contributed by atoms with van der Waals surface area (Å²) >= 11 is 0. The first-order valence-electron chi connectivity index (χ1n) is 8.41. The summed E-state index contributed by atoms with van der Waals surface area (Å²) in [5, 5.41) is 3.46. The molecule has 3 saturated heterocycles. The first-order valence-corrected chi connectivity index (χ1v) is 8.41. The molecule has 114 valence electrons. The molecule has 1 aromatic rings. The van der Waals surface area contributed by atoms with Crippen LogP contribution >= 0.6 is 0 Å². The molecular weight excluding hydrogens is 262 g/mol. The number of aromatic nitrogens is 2. The number of hydrogen-bond acceptors (Lipinski definition) is 5. The van der Waals surface area contributed by atoms with E-state index in [2.05, 4.69) is 22.0 Å². The van der Waals surface area contributed by atoms with Crippen LogP contribution in [0, 0.1) is 0 Å². The van der Waals surface area contributed by atoms with Gasteiger partial charge in [0.25, 0.3) is 0 Å². The van der Waals surface area contributed by atoms with Crippen LogP contribution in [0.5, 0.6) is 0 Å². The monoisotopic (exact) mass is 287 g/mol. The van der Waals surface area contributed by atoms with E-state index in [1.807, 2.05) is 0 Å². The Morgan fingerprint density at radius 1 is 1.19 bits per heavy atom.